The number of benzene rings is 1. The highest BCUT2D eigenvalue weighted by molar-refractivity contribution is 6.33. The molecule has 6 atom stereocenters. The van der Waals surface area contributed by atoms with Crippen molar-refractivity contribution < 1.29 is 28.7 Å². The largest absolute Gasteiger partial charge is 0.433 e. The van der Waals surface area contributed by atoms with Gasteiger partial charge in [-0.1, -0.05) is 44.5 Å². The number of amides is 3. The summed E-state index contributed by atoms with van der Waals surface area (Å²) in [5.41, 5.74) is -0.339. The summed E-state index contributed by atoms with van der Waals surface area (Å²) in [6.07, 6.45) is 1.56. The van der Waals surface area contributed by atoms with E-state index in [1.807, 2.05) is 20.8 Å². The first-order valence-electron chi connectivity index (χ1n) is 12.5. The van der Waals surface area contributed by atoms with Crippen molar-refractivity contribution in [3.63, 3.8) is 0 Å². The molecule has 36 heavy (non-hydrogen) atoms. The summed E-state index contributed by atoms with van der Waals surface area (Å²) in [4.78, 5) is 54.0. The Labute approximate surface area is 216 Å². The molecule has 1 aromatic rings. The molecule has 0 radical (unpaired) electrons. The number of hydrogen-bond donors (Lipinski definition) is 2. The van der Waals surface area contributed by atoms with Crippen LogP contribution in [0, 0.1) is 11.3 Å². The van der Waals surface area contributed by atoms with Crippen molar-refractivity contribution in [1.29, 1.82) is 0 Å². The number of ether oxygens (including phenoxy) is 2. The molecular formula is C26H34ClN3O6. The van der Waals surface area contributed by atoms with Gasteiger partial charge >= 0.3 is 5.97 Å². The lowest BCUT2D eigenvalue weighted by atomic mass is 9.84. The van der Waals surface area contributed by atoms with Crippen molar-refractivity contribution in [3.05, 3.63) is 34.9 Å². The highest BCUT2D eigenvalue weighted by Crippen LogP contribution is 2.44. The first kappa shape index (κ1) is 26.4. The number of cyclic esters (lactones) is 1. The molecule has 0 aromatic heterocycles. The van der Waals surface area contributed by atoms with Crippen LogP contribution in [0.4, 0.5) is 0 Å². The molecule has 1 saturated carbocycles. The molecule has 2 N–H and O–H groups in total. The van der Waals surface area contributed by atoms with Gasteiger partial charge in [0, 0.05) is 12.6 Å². The maximum atomic E-state index is 14.0. The second-order valence-corrected chi connectivity index (χ2v) is 11.2. The van der Waals surface area contributed by atoms with Crippen molar-refractivity contribution in [3.8, 4) is 0 Å². The maximum Gasteiger partial charge on any atom is 0.310 e. The number of halogens is 1. The van der Waals surface area contributed by atoms with Gasteiger partial charge in [0.25, 0.3) is 5.91 Å². The van der Waals surface area contributed by atoms with E-state index in [1.165, 1.54) is 0 Å². The molecule has 9 nitrogen and oxygen atoms in total. The Morgan fingerprint density at radius 1 is 1.22 bits per heavy atom. The van der Waals surface area contributed by atoms with Gasteiger partial charge in [-0.2, -0.15) is 0 Å². The van der Waals surface area contributed by atoms with Crippen LogP contribution >= 0.6 is 11.6 Å². The maximum absolute atomic E-state index is 14.0. The van der Waals surface area contributed by atoms with E-state index in [0.717, 1.165) is 19.3 Å². The Kier molecular flexibility index (Phi) is 7.61. The van der Waals surface area contributed by atoms with E-state index < -0.39 is 41.7 Å². The molecule has 3 fully saturated rings. The van der Waals surface area contributed by atoms with Crippen LogP contribution in [0.15, 0.2) is 24.3 Å². The summed E-state index contributed by atoms with van der Waals surface area (Å²) < 4.78 is 10.6. The van der Waals surface area contributed by atoms with Crippen LogP contribution in [0.25, 0.3) is 0 Å². The van der Waals surface area contributed by atoms with E-state index in [2.05, 4.69) is 10.6 Å². The van der Waals surface area contributed by atoms with Crippen LogP contribution in [-0.4, -0.2) is 65.7 Å². The molecule has 1 aliphatic carbocycles. The number of hydrogen-bond acceptors (Lipinski definition) is 6. The Hall–Kier alpha value is -2.65. The summed E-state index contributed by atoms with van der Waals surface area (Å²) in [6, 6.07) is 4.42. The molecule has 3 aliphatic rings. The van der Waals surface area contributed by atoms with Gasteiger partial charge in [0.05, 0.1) is 17.0 Å². The average Bonchev–Trinajstić information content (AvgIpc) is 3.51. The fourth-order valence-electron chi connectivity index (χ4n) is 5.53. The lowest BCUT2D eigenvalue weighted by Gasteiger charge is -2.40. The molecule has 0 spiro atoms. The van der Waals surface area contributed by atoms with Gasteiger partial charge in [-0.25, -0.2) is 0 Å². The number of fused-ring (bicyclic) bond motifs is 2. The first-order valence-corrected chi connectivity index (χ1v) is 12.9. The summed E-state index contributed by atoms with van der Waals surface area (Å²) in [7, 11) is 0. The Bertz CT molecular complexity index is 1040. The number of esters is 1. The SMILES string of the molecule is CCO[C@@H]1OC(=O)CC1NC(=O)[C@@H]1[C@H]2CC[C@H](C2)N1C(=O)[C@@H](NC(=O)c1ccccc1Cl)C(C)(C)C. The van der Waals surface area contributed by atoms with E-state index in [-0.39, 0.29) is 35.8 Å². The minimum atomic E-state index is -0.872. The van der Waals surface area contributed by atoms with Gasteiger partial charge in [-0.3, -0.25) is 19.2 Å². The van der Waals surface area contributed by atoms with Crippen LogP contribution in [0.1, 0.15) is 63.7 Å². The number of nitrogens with zero attached hydrogens (tertiary/aromatic N) is 1. The lowest BCUT2D eigenvalue weighted by Crippen LogP contribution is -2.62. The van der Waals surface area contributed by atoms with E-state index in [4.69, 9.17) is 21.1 Å². The zero-order chi connectivity index (χ0) is 26.2. The van der Waals surface area contributed by atoms with Crippen LogP contribution in [0.3, 0.4) is 0 Å². The Balaban J connectivity index is 1.55. The molecule has 196 valence electrons. The third-order valence-corrected chi connectivity index (χ3v) is 7.57. The third-order valence-electron chi connectivity index (χ3n) is 7.24. The molecule has 2 heterocycles. The highest BCUT2D eigenvalue weighted by atomic mass is 35.5. The second kappa shape index (κ2) is 10.4. The number of piperidine rings is 1. The Morgan fingerprint density at radius 2 is 1.94 bits per heavy atom. The second-order valence-electron chi connectivity index (χ2n) is 10.8. The van der Waals surface area contributed by atoms with E-state index in [0.29, 0.717) is 11.6 Å². The fraction of sp³-hybridized carbons (Fsp3) is 0.615. The normalized spacial score (nSPS) is 28.1. The van der Waals surface area contributed by atoms with Gasteiger partial charge < -0.3 is 25.0 Å². The van der Waals surface area contributed by atoms with E-state index >= 15 is 0 Å². The van der Waals surface area contributed by atoms with Crippen LogP contribution in [0.2, 0.25) is 5.02 Å². The van der Waals surface area contributed by atoms with Gasteiger partial charge in [0.1, 0.15) is 18.1 Å². The summed E-state index contributed by atoms with van der Waals surface area (Å²) in [6.45, 7) is 7.74. The molecule has 10 heteroatoms. The summed E-state index contributed by atoms with van der Waals surface area (Å²) >= 11 is 6.21. The summed E-state index contributed by atoms with van der Waals surface area (Å²) in [5.74, 6) is -1.48. The number of nitrogens with one attached hydrogen (secondary N) is 2. The van der Waals surface area contributed by atoms with Gasteiger partial charge in [-0.05, 0) is 49.7 Å². The molecule has 1 aromatic carbocycles. The molecular weight excluding hydrogens is 486 g/mol. The zero-order valence-electron chi connectivity index (χ0n) is 21.1. The van der Waals surface area contributed by atoms with Crippen molar-refractivity contribution in [1.82, 2.24) is 15.5 Å². The smallest absolute Gasteiger partial charge is 0.310 e. The van der Waals surface area contributed by atoms with E-state index in [1.54, 1.807) is 36.1 Å². The quantitative estimate of drug-likeness (QED) is 0.535. The minimum Gasteiger partial charge on any atom is -0.433 e. The first-order chi connectivity index (χ1) is 17.0. The standard InChI is InChI=1S/C26H34ClN3O6/c1-5-35-25-18(13-19(31)36-25)28-23(33)20-14-10-11-15(12-14)30(20)24(34)21(26(2,3)4)29-22(32)16-8-6-7-9-17(16)27/h6-9,14-15,18,20-21,25H,5,10-13H2,1-4H3,(H,28,33)(H,29,32)/t14-,15+,18?,20-,21+,25+/m0/s1. The number of likely N-dealkylation sites (tertiary alicyclic amines) is 1. The van der Waals surface area contributed by atoms with Crippen molar-refractivity contribution in [2.75, 3.05) is 6.61 Å². The topological polar surface area (TPSA) is 114 Å². The van der Waals surface area contributed by atoms with Crippen LogP contribution in [-0.2, 0) is 23.9 Å². The van der Waals surface area contributed by atoms with Crippen molar-refractivity contribution in [2.45, 2.75) is 83.8 Å². The Morgan fingerprint density at radius 3 is 2.61 bits per heavy atom. The highest BCUT2D eigenvalue weighted by Gasteiger charge is 2.54. The molecule has 3 amide bonds. The third kappa shape index (κ3) is 5.22. The molecule has 4 rings (SSSR count). The molecule has 1 unspecified atom stereocenters. The van der Waals surface area contributed by atoms with Crippen molar-refractivity contribution in [2.24, 2.45) is 11.3 Å². The van der Waals surface area contributed by atoms with E-state index in [9.17, 15) is 19.2 Å². The predicted octanol–water partition coefficient (Wildman–Crippen LogP) is 2.66. The molecule has 2 saturated heterocycles. The monoisotopic (exact) mass is 519 g/mol. The van der Waals surface area contributed by atoms with Gasteiger partial charge in [0.15, 0.2) is 0 Å². The van der Waals surface area contributed by atoms with Crippen molar-refractivity contribution >= 4 is 35.3 Å². The minimum absolute atomic E-state index is 0.0161. The fourth-order valence-corrected chi connectivity index (χ4v) is 5.75. The number of carbonyl (C=O) groups is 4. The number of carbonyl (C=O) groups excluding carboxylic acids is 4. The van der Waals surface area contributed by atoms with Gasteiger partial charge in [0.2, 0.25) is 18.1 Å². The number of rotatable bonds is 7. The van der Waals surface area contributed by atoms with Gasteiger partial charge in [-0.15, -0.1) is 0 Å². The zero-order valence-corrected chi connectivity index (χ0v) is 21.8. The predicted molar refractivity (Wildman–Crippen MR) is 132 cm³/mol. The lowest BCUT2D eigenvalue weighted by molar-refractivity contribution is -0.165. The molecule has 2 bridgehead atoms. The van der Waals surface area contributed by atoms with Crippen LogP contribution in [0.5, 0.6) is 0 Å². The van der Waals surface area contributed by atoms with Crippen LogP contribution < -0.4 is 10.6 Å². The summed E-state index contributed by atoms with van der Waals surface area (Å²) in [5, 5.41) is 6.08. The molecule has 2 aliphatic heterocycles. The average molecular weight is 520 g/mol.